The van der Waals surface area contributed by atoms with Crippen molar-refractivity contribution >= 4 is 28.9 Å². The summed E-state index contributed by atoms with van der Waals surface area (Å²) in [6, 6.07) is 12.5. The predicted molar refractivity (Wildman–Crippen MR) is 92.1 cm³/mol. The standard InChI is InChI=1S/C16H12ClN5O4/c1-10(23)11-4-2-6-13(8-11)18-15-16(22(25)26)19-20(21(15)24)14-7-3-5-12(17)9-14/h2-9,24H,1H3. The van der Waals surface area contributed by atoms with Crippen LogP contribution >= 0.6 is 11.6 Å². The van der Waals surface area contributed by atoms with Crippen LogP contribution in [0, 0.1) is 10.1 Å². The molecule has 2 aromatic carbocycles. The van der Waals surface area contributed by atoms with Crippen LogP contribution in [0.5, 0.6) is 0 Å². The zero-order chi connectivity index (χ0) is 18.8. The lowest BCUT2D eigenvalue weighted by molar-refractivity contribution is -0.391. The molecule has 1 heterocycles. The van der Waals surface area contributed by atoms with Gasteiger partial charge in [-0.15, -0.1) is 0 Å². The summed E-state index contributed by atoms with van der Waals surface area (Å²) in [4.78, 5) is 27.5. The molecule has 0 atom stereocenters. The molecule has 0 spiro atoms. The van der Waals surface area contributed by atoms with Gasteiger partial charge >= 0.3 is 5.82 Å². The first-order valence-electron chi connectivity index (χ1n) is 7.34. The molecule has 1 N–H and O–H groups in total. The van der Waals surface area contributed by atoms with E-state index in [4.69, 9.17) is 11.6 Å². The molecule has 0 aliphatic heterocycles. The lowest BCUT2D eigenvalue weighted by Gasteiger charge is -2.00. The number of hydrogen-bond donors (Lipinski definition) is 1. The quantitative estimate of drug-likeness (QED) is 0.326. The molecule has 1 aromatic heterocycles. The number of ketones is 1. The highest BCUT2D eigenvalue weighted by Crippen LogP contribution is 2.17. The Hall–Kier alpha value is -3.46. The van der Waals surface area contributed by atoms with Crippen LogP contribution < -0.4 is 5.49 Å². The van der Waals surface area contributed by atoms with Crippen molar-refractivity contribution in [1.29, 1.82) is 0 Å². The monoisotopic (exact) mass is 373 g/mol. The SMILES string of the molecule is CC(=O)c1cccc(N=c2c([N+](=O)[O-])nn(-c3cccc(Cl)c3)n2O)c1. The first-order chi connectivity index (χ1) is 12.4. The highest BCUT2D eigenvalue weighted by Gasteiger charge is 2.24. The van der Waals surface area contributed by atoms with Crippen molar-refractivity contribution in [2.45, 2.75) is 6.92 Å². The topological polar surface area (TPSA) is 116 Å². The van der Waals surface area contributed by atoms with E-state index >= 15 is 0 Å². The zero-order valence-electron chi connectivity index (χ0n) is 13.4. The van der Waals surface area contributed by atoms with E-state index < -0.39 is 16.2 Å². The van der Waals surface area contributed by atoms with Crippen molar-refractivity contribution in [3.63, 3.8) is 0 Å². The van der Waals surface area contributed by atoms with Crippen LogP contribution in [0.2, 0.25) is 5.02 Å². The third kappa shape index (κ3) is 3.33. The minimum Gasteiger partial charge on any atom is -0.409 e. The summed E-state index contributed by atoms with van der Waals surface area (Å²) in [6.07, 6.45) is 0. The van der Waals surface area contributed by atoms with E-state index in [1.807, 2.05) is 0 Å². The molecule has 3 rings (SSSR count). The van der Waals surface area contributed by atoms with Gasteiger partial charge in [-0.1, -0.05) is 34.6 Å². The van der Waals surface area contributed by atoms with E-state index in [2.05, 4.69) is 10.1 Å². The minimum atomic E-state index is -0.762. The van der Waals surface area contributed by atoms with Crippen molar-refractivity contribution < 1.29 is 14.9 Å². The molecule has 10 heteroatoms. The maximum absolute atomic E-state index is 11.5. The number of benzene rings is 2. The molecule has 0 amide bonds. The second-order valence-electron chi connectivity index (χ2n) is 5.28. The second-order valence-corrected chi connectivity index (χ2v) is 5.72. The van der Waals surface area contributed by atoms with Crippen LogP contribution in [-0.2, 0) is 0 Å². The van der Waals surface area contributed by atoms with Gasteiger partial charge < -0.3 is 15.3 Å². The van der Waals surface area contributed by atoms with E-state index in [1.165, 1.54) is 19.1 Å². The van der Waals surface area contributed by atoms with Gasteiger partial charge in [0, 0.05) is 10.6 Å². The third-order valence-electron chi connectivity index (χ3n) is 3.46. The molecule has 0 unspecified atom stereocenters. The van der Waals surface area contributed by atoms with Crippen LogP contribution in [-0.4, -0.2) is 30.7 Å². The van der Waals surface area contributed by atoms with Crippen LogP contribution in [0.25, 0.3) is 5.69 Å². The summed E-state index contributed by atoms with van der Waals surface area (Å²) in [6.45, 7) is 1.39. The van der Waals surface area contributed by atoms with E-state index in [9.17, 15) is 20.1 Å². The Balaban J connectivity index is 2.22. The Bertz CT molecular complexity index is 1090. The number of nitrogens with zero attached hydrogens (tertiary/aromatic N) is 5. The van der Waals surface area contributed by atoms with Crippen LogP contribution in [0.3, 0.4) is 0 Å². The Kier molecular flexibility index (Phi) is 4.55. The first kappa shape index (κ1) is 17.4. The summed E-state index contributed by atoms with van der Waals surface area (Å²) in [5.74, 6) is -0.830. The third-order valence-corrected chi connectivity index (χ3v) is 3.69. The van der Waals surface area contributed by atoms with E-state index in [0.717, 1.165) is 4.80 Å². The number of nitro groups is 1. The van der Waals surface area contributed by atoms with Gasteiger partial charge in [-0.25, -0.2) is 4.99 Å². The van der Waals surface area contributed by atoms with Gasteiger partial charge in [0.05, 0.1) is 10.8 Å². The average Bonchev–Trinajstić information content (AvgIpc) is 2.92. The van der Waals surface area contributed by atoms with Crippen LogP contribution in [0.15, 0.2) is 53.5 Å². The molecule has 0 aliphatic carbocycles. The number of aromatic nitrogens is 3. The Morgan fingerprint density at radius 1 is 1.27 bits per heavy atom. The minimum absolute atomic E-state index is 0.178. The first-order valence-corrected chi connectivity index (χ1v) is 7.72. The van der Waals surface area contributed by atoms with Gasteiger partial charge in [0.25, 0.3) is 5.49 Å². The fourth-order valence-corrected chi connectivity index (χ4v) is 2.44. The van der Waals surface area contributed by atoms with E-state index in [0.29, 0.717) is 21.1 Å². The number of rotatable bonds is 4. The summed E-state index contributed by atoms with van der Waals surface area (Å²) >= 11 is 5.91. The molecule has 3 aromatic rings. The molecule has 0 saturated carbocycles. The molecule has 0 bridgehead atoms. The van der Waals surface area contributed by atoms with Crippen LogP contribution in [0.1, 0.15) is 17.3 Å². The highest BCUT2D eigenvalue weighted by molar-refractivity contribution is 6.30. The Morgan fingerprint density at radius 2 is 2.00 bits per heavy atom. The van der Waals surface area contributed by atoms with Crippen molar-refractivity contribution in [2.75, 3.05) is 0 Å². The molecule has 132 valence electrons. The van der Waals surface area contributed by atoms with E-state index in [-0.39, 0.29) is 11.5 Å². The lowest BCUT2D eigenvalue weighted by atomic mass is 10.1. The number of Topliss-reactive ketones (excluding diaryl/α,β-unsaturated/α-hetero) is 1. The van der Waals surface area contributed by atoms with Crippen molar-refractivity contribution in [3.8, 4) is 5.69 Å². The van der Waals surface area contributed by atoms with Gasteiger partial charge in [-0.3, -0.25) is 4.79 Å². The second kappa shape index (κ2) is 6.81. The van der Waals surface area contributed by atoms with Gasteiger partial charge in [-0.2, -0.15) is 0 Å². The Labute approximate surface area is 151 Å². The van der Waals surface area contributed by atoms with Crippen molar-refractivity contribution in [1.82, 2.24) is 14.7 Å². The van der Waals surface area contributed by atoms with E-state index in [1.54, 1.807) is 36.4 Å². The van der Waals surface area contributed by atoms with Gasteiger partial charge in [0.15, 0.2) is 5.78 Å². The van der Waals surface area contributed by atoms with Crippen LogP contribution in [0.4, 0.5) is 11.5 Å². The largest absolute Gasteiger partial charge is 0.438 e. The summed E-state index contributed by atoms with van der Waals surface area (Å²) in [5.41, 5.74) is 0.563. The molecule has 0 aliphatic rings. The van der Waals surface area contributed by atoms with Crippen molar-refractivity contribution in [3.05, 3.63) is 74.7 Å². The smallest absolute Gasteiger partial charge is 0.409 e. The van der Waals surface area contributed by atoms with Gasteiger partial charge in [0.2, 0.25) is 0 Å². The zero-order valence-corrected chi connectivity index (χ0v) is 14.2. The number of carbonyl (C=O) groups is 1. The van der Waals surface area contributed by atoms with Gasteiger partial charge in [-0.05, 0) is 47.0 Å². The normalized spacial score (nSPS) is 11.5. The Morgan fingerprint density at radius 3 is 2.65 bits per heavy atom. The van der Waals surface area contributed by atoms with Gasteiger partial charge in [0.1, 0.15) is 5.69 Å². The fraction of sp³-hybridized carbons (Fsp3) is 0.0625. The molecule has 0 radical (unpaired) electrons. The number of carbonyl (C=O) groups excluding carboxylic acids is 1. The average molecular weight is 374 g/mol. The molecular formula is C16H12ClN5O4. The van der Waals surface area contributed by atoms with Crippen molar-refractivity contribution in [2.24, 2.45) is 4.99 Å². The maximum Gasteiger partial charge on any atom is 0.438 e. The lowest BCUT2D eigenvalue weighted by Crippen LogP contribution is -2.22. The predicted octanol–water partition coefficient (Wildman–Crippen LogP) is 2.91. The number of halogens is 1. The highest BCUT2D eigenvalue weighted by atomic mass is 35.5. The molecule has 9 nitrogen and oxygen atoms in total. The molecule has 26 heavy (non-hydrogen) atoms. The molecule has 0 saturated heterocycles. The molecule has 0 fully saturated rings. The maximum atomic E-state index is 11.5. The fourth-order valence-electron chi connectivity index (χ4n) is 2.25. The summed E-state index contributed by atoms with van der Waals surface area (Å²) in [7, 11) is 0. The number of hydrogen-bond acceptors (Lipinski definition) is 6. The molecular weight excluding hydrogens is 362 g/mol. The summed E-state index contributed by atoms with van der Waals surface area (Å²) in [5, 5.41) is 25.8. The summed E-state index contributed by atoms with van der Waals surface area (Å²) < 4.78 is 0.